The van der Waals surface area contributed by atoms with Gasteiger partial charge < -0.3 is 5.32 Å². The number of rotatable bonds is 4. The summed E-state index contributed by atoms with van der Waals surface area (Å²) in [5, 5.41) is 4.85. The van der Waals surface area contributed by atoms with Gasteiger partial charge >= 0.3 is 0 Å². The number of benzene rings is 1. The Balaban J connectivity index is 2.45. The van der Waals surface area contributed by atoms with Gasteiger partial charge in [0.05, 0.1) is 15.7 Å². The standard InChI is InChI=1S/C14H13Cl3N2/c1-2-6-18-14-12(17)8-11(16)13(19-14)9-4-3-5-10(15)7-9/h3-5,7-8H,2,6H2,1H3,(H,18,19). The SMILES string of the molecule is CCCNc1nc(-c2cccc(Cl)c2)c(Cl)cc1Cl. The average Bonchev–Trinajstić information content (AvgIpc) is 2.38. The molecule has 100 valence electrons. The summed E-state index contributed by atoms with van der Waals surface area (Å²) < 4.78 is 0. The molecule has 0 aliphatic rings. The summed E-state index contributed by atoms with van der Waals surface area (Å²) in [7, 11) is 0. The number of halogens is 3. The van der Waals surface area contributed by atoms with Crippen LogP contribution >= 0.6 is 34.8 Å². The first-order valence-electron chi connectivity index (χ1n) is 5.97. The second kappa shape index (κ2) is 6.47. The van der Waals surface area contributed by atoms with Gasteiger partial charge in [-0.3, -0.25) is 0 Å². The minimum atomic E-state index is 0.509. The van der Waals surface area contributed by atoms with Crippen molar-refractivity contribution >= 4 is 40.6 Å². The molecule has 19 heavy (non-hydrogen) atoms. The second-order valence-electron chi connectivity index (χ2n) is 4.09. The van der Waals surface area contributed by atoms with E-state index in [-0.39, 0.29) is 0 Å². The van der Waals surface area contributed by atoms with Gasteiger partial charge in [0.2, 0.25) is 0 Å². The monoisotopic (exact) mass is 314 g/mol. The molecule has 1 N–H and O–H groups in total. The summed E-state index contributed by atoms with van der Waals surface area (Å²) in [6.45, 7) is 2.89. The summed E-state index contributed by atoms with van der Waals surface area (Å²) in [5.41, 5.74) is 1.54. The maximum atomic E-state index is 6.20. The molecule has 2 rings (SSSR count). The molecule has 2 nitrogen and oxygen atoms in total. The highest BCUT2D eigenvalue weighted by Crippen LogP contribution is 2.33. The summed E-state index contributed by atoms with van der Waals surface area (Å²) >= 11 is 18.3. The van der Waals surface area contributed by atoms with Gasteiger partial charge in [-0.05, 0) is 24.6 Å². The normalized spacial score (nSPS) is 10.5. The zero-order valence-corrected chi connectivity index (χ0v) is 12.6. The van der Waals surface area contributed by atoms with Crippen LogP contribution in [0.3, 0.4) is 0 Å². The Hall–Kier alpha value is -0.960. The average molecular weight is 316 g/mol. The number of pyridine rings is 1. The van der Waals surface area contributed by atoms with Gasteiger partial charge in [-0.15, -0.1) is 0 Å². The van der Waals surface area contributed by atoms with Crippen LogP contribution in [0.5, 0.6) is 0 Å². The lowest BCUT2D eigenvalue weighted by Gasteiger charge is -2.11. The number of hydrogen-bond donors (Lipinski definition) is 1. The quantitative estimate of drug-likeness (QED) is 0.802. The number of hydrogen-bond acceptors (Lipinski definition) is 2. The molecule has 0 bridgehead atoms. The van der Waals surface area contributed by atoms with Crippen molar-refractivity contribution in [3.63, 3.8) is 0 Å². The molecule has 0 amide bonds. The Bertz CT molecular complexity index is 585. The maximum Gasteiger partial charge on any atom is 0.145 e. The first-order valence-corrected chi connectivity index (χ1v) is 7.11. The molecule has 0 unspecified atom stereocenters. The molecule has 0 fully saturated rings. The van der Waals surface area contributed by atoms with Crippen molar-refractivity contribution < 1.29 is 0 Å². The Kier molecular flexibility index (Phi) is 4.92. The zero-order valence-electron chi connectivity index (χ0n) is 10.4. The van der Waals surface area contributed by atoms with Crippen LogP contribution < -0.4 is 5.32 Å². The van der Waals surface area contributed by atoms with Gasteiger partial charge in [-0.2, -0.15) is 0 Å². The Morgan fingerprint density at radius 1 is 1.11 bits per heavy atom. The van der Waals surface area contributed by atoms with Crippen molar-refractivity contribution in [3.8, 4) is 11.3 Å². The van der Waals surface area contributed by atoms with Crippen molar-refractivity contribution in [3.05, 3.63) is 45.4 Å². The maximum absolute atomic E-state index is 6.20. The molecule has 2 aromatic rings. The van der Waals surface area contributed by atoms with Crippen LogP contribution in [0.2, 0.25) is 15.1 Å². The molecule has 0 spiro atoms. The van der Waals surface area contributed by atoms with Gasteiger partial charge in [-0.25, -0.2) is 4.98 Å². The number of nitrogens with zero attached hydrogens (tertiary/aromatic N) is 1. The van der Waals surface area contributed by atoms with Crippen LogP contribution in [0.1, 0.15) is 13.3 Å². The van der Waals surface area contributed by atoms with Crippen LogP contribution in [0, 0.1) is 0 Å². The molecule has 0 aliphatic carbocycles. The molecule has 0 atom stereocenters. The van der Waals surface area contributed by atoms with E-state index >= 15 is 0 Å². The fourth-order valence-corrected chi connectivity index (χ4v) is 2.40. The van der Waals surface area contributed by atoms with E-state index in [4.69, 9.17) is 34.8 Å². The van der Waals surface area contributed by atoms with E-state index in [2.05, 4.69) is 17.2 Å². The van der Waals surface area contributed by atoms with E-state index < -0.39 is 0 Å². The Morgan fingerprint density at radius 3 is 2.58 bits per heavy atom. The van der Waals surface area contributed by atoms with E-state index in [1.165, 1.54) is 0 Å². The van der Waals surface area contributed by atoms with Crippen LogP contribution in [-0.4, -0.2) is 11.5 Å². The minimum absolute atomic E-state index is 0.509. The molecule has 1 aromatic carbocycles. The lowest BCUT2D eigenvalue weighted by molar-refractivity contribution is 0.970. The predicted molar refractivity (Wildman–Crippen MR) is 83.5 cm³/mol. The third-order valence-electron chi connectivity index (χ3n) is 2.57. The highest BCUT2D eigenvalue weighted by molar-refractivity contribution is 6.37. The van der Waals surface area contributed by atoms with E-state index in [0.29, 0.717) is 26.6 Å². The van der Waals surface area contributed by atoms with E-state index in [9.17, 15) is 0 Å². The first kappa shape index (κ1) is 14.4. The summed E-state index contributed by atoms with van der Waals surface area (Å²) in [5.74, 6) is 0.642. The van der Waals surface area contributed by atoms with E-state index in [1.54, 1.807) is 6.07 Å². The molecule has 1 aromatic heterocycles. The highest BCUT2D eigenvalue weighted by atomic mass is 35.5. The molecular formula is C14H13Cl3N2. The van der Waals surface area contributed by atoms with Crippen LogP contribution in [0.4, 0.5) is 5.82 Å². The van der Waals surface area contributed by atoms with Gasteiger partial charge in [0, 0.05) is 17.1 Å². The van der Waals surface area contributed by atoms with Crippen molar-refractivity contribution in [2.75, 3.05) is 11.9 Å². The largest absolute Gasteiger partial charge is 0.369 e. The molecule has 1 heterocycles. The van der Waals surface area contributed by atoms with Crippen molar-refractivity contribution in [2.45, 2.75) is 13.3 Å². The topological polar surface area (TPSA) is 24.9 Å². The van der Waals surface area contributed by atoms with Crippen LogP contribution in [-0.2, 0) is 0 Å². The number of anilines is 1. The van der Waals surface area contributed by atoms with Gasteiger partial charge in [0.1, 0.15) is 5.82 Å². The smallest absolute Gasteiger partial charge is 0.145 e. The Morgan fingerprint density at radius 2 is 1.89 bits per heavy atom. The van der Waals surface area contributed by atoms with Crippen molar-refractivity contribution in [2.24, 2.45) is 0 Å². The van der Waals surface area contributed by atoms with Gasteiger partial charge in [0.15, 0.2) is 0 Å². The second-order valence-corrected chi connectivity index (χ2v) is 5.34. The van der Waals surface area contributed by atoms with Crippen molar-refractivity contribution in [1.29, 1.82) is 0 Å². The predicted octanol–water partition coefficient (Wildman–Crippen LogP) is 5.53. The molecule has 0 aliphatic heterocycles. The van der Waals surface area contributed by atoms with E-state index in [1.807, 2.05) is 24.3 Å². The van der Waals surface area contributed by atoms with E-state index in [0.717, 1.165) is 18.5 Å². The summed E-state index contributed by atoms with van der Waals surface area (Å²) in [6, 6.07) is 9.11. The van der Waals surface area contributed by atoms with Gasteiger partial charge in [0.25, 0.3) is 0 Å². The fourth-order valence-electron chi connectivity index (χ4n) is 1.67. The lowest BCUT2D eigenvalue weighted by Crippen LogP contribution is -2.03. The number of aromatic nitrogens is 1. The van der Waals surface area contributed by atoms with Crippen LogP contribution in [0.25, 0.3) is 11.3 Å². The number of nitrogens with one attached hydrogen (secondary N) is 1. The third-order valence-corrected chi connectivity index (χ3v) is 3.38. The first-order chi connectivity index (χ1) is 9.11. The zero-order chi connectivity index (χ0) is 13.8. The summed E-state index contributed by atoms with van der Waals surface area (Å²) in [4.78, 5) is 4.49. The molecule has 0 radical (unpaired) electrons. The fraction of sp³-hybridized carbons (Fsp3) is 0.214. The van der Waals surface area contributed by atoms with Crippen LogP contribution in [0.15, 0.2) is 30.3 Å². The van der Waals surface area contributed by atoms with Crippen molar-refractivity contribution in [1.82, 2.24) is 4.98 Å². The highest BCUT2D eigenvalue weighted by Gasteiger charge is 2.11. The van der Waals surface area contributed by atoms with Gasteiger partial charge in [-0.1, -0.05) is 53.9 Å². The third kappa shape index (κ3) is 3.53. The molecule has 0 saturated heterocycles. The molecule has 5 heteroatoms. The minimum Gasteiger partial charge on any atom is -0.369 e. The Labute approximate surface area is 127 Å². The molecule has 0 saturated carbocycles. The lowest BCUT2D eigenvalue weighted by atomic mass is 10.1. The molecular weight excluding hydrogens is 303 g/mol. The summed E-state index contributed by atoms with van der Waals surface area (Å²) in [6.07, 6.45) is 0.993.